The number of rotatable bonds is 22. The second-order valence-corrected chi connectivity index (χ2v) is 27.2. The Morgan fingerprint density at radius 1 is 0.595 bits per heavy atom. The van der Waals surface area contributed by atoms with Crippen LogP contribution < -0.4 is 38.9 Å². The molecule has 2 aliphatic heterocycles. The lowest BCUT2D eigenvalue weighted by atomic mass is 9.88. The van der Waals surface area contributed by atoms with Crippen molar-refractivity contribution in [2.75, 3.05) is 13.2 Å². The number of ether oxygens (including phenoxy) is 6. The lowest BCUT2D eigenvalue weighted by Gasteiger charge is -2.30. The Morgan fingerprint density at radius 2 is 0.976 bits per heavy atom. The highest BCUT2D eigenvalue weighted by Crippen LogP contribution is 2.48. The van der Waals surface area contributed by atoms with Gasteiger partial charge >= 0.3 is 0 Å². The Morgan fingerprint density at radius 3 is 1.38 bits per heavy atom. The average molecular weight is 1170 g/mol. The molecule has 0 radical (unpaired) electrons. The summed E-state index contributed by atoms with van der Waals surface area (Å²) in [6, 6.07) is 26.0. The number of ketones is 2. The number of carbonyl (C=O) groups excluding carboxylic acids is 2. The molecule has 4 saturated carbocycles. The highest BCUT2D eigenvalue weighted by atomic mass is 32.2. The van der Waals surface area contributed by atoms with Gasteiger partial charge in [0.05, 0.1) is 62.6 Å². The summed E-state index contributed by atoms with van der Waals surface area (Å²) in [6.45, 7) is 13.1. The number of benzene rings is 4. The van der Waals surface area contributed by atoms with Gasteiger partial charge in [0.15, 0.2) is 46.1 Å². The van der Waals surface area contributed by atoms with Crippen LogP contribution in [0.2, 0.25) is 0 Å². The van der Waals surface area contributed by atoms with Crippen molar-refractivity contribution in [1.29, 1.82) is 0 Å². The smallest absolute Gasteiger partial charge is 0.163 e. The summed E-state index contributed by atoms with van der Waals surface area (Å²) in [6.07, 6.45) is 9.26. The standard InChI is InChI=1S/C35H41FN2O6S.C31H33FN2O5/c1-33(2,3)45(41)38-34(4)20-42-32-26(34)19-30(37-31(32)21-6-9-23(36)10-7-21)35(5,40)17-16-27(39)22-8-15-28(43-24-11-12-24)29(18-22)44-25-13-14-25;1-30(33)17-37-29-23(30)16-27(34-28(29)18-3-6-20(32)7-4-18)31(2,36)14-13-24(35)19-5-12-25(38-21-8-9-21)26(15-19)39-22-10-11-22/h6-10,15,18-19,24-25,38,40H,11-14,16-17,20H2,1-5H3;3-7,12,15-16,21-22,36H,8-11,13-14,17,33H2,1-2H3. The number of hydrogen-bond acceptors (Lipinski definition) is 14. The number of pyridine rings is 2. The number of nitrogens with one attached hydrogen (secondary N) is 1. The molecule has 2 aromatic heterocycles. The van der Waals surface area contributed by atoms with Gasteiger partial charge in [-0.1, -0.05) is 0 Å². The van der Waals surface area contributed by atoms with Gasteiger partial charge < -0.3 is 44.4 Å². The van der Waals surface area contributed by atoms with E-state index in [1.807, 2.05) is 34.6 Å². The molecule has 6 aliphatic rings. The second-order valence-electron chi connectivity index (χ2n) is 25.3. The van der Waals surface area contributed by atoms with Crippen LogP contribution in [0.15, 0.2) is 97.1 Å². The number of hydrogen-bond donors (Lipinski definition) is 4. The summed E-state index contributed by atoms with van der Waals surface area (Å²) < 4.78 is 79.4. The highest BCUT2D eigenvalue weighted by molar-refractivity contribution is 7.84. The highest BCUT2D eigenvalue weighted by Gasteiger charge is 2.44. The summed E-state index contributed by atoms with van der Waals surface area (Å²) in [5, 5.41) is 23.3. The fourth-order valence-electron chi connectivity index (χ4n) is 9.85. The van der Waals surface area contributed by atoms with Crippen molar-refractivity contribution >= 4 is 22.6 Å². The van der Waals surface area contributed by atoms with Crippen molar-refractivity contribution in [3.63, 3.8) is 0 Å². The maximum Gasteiger partial charge on any atom is 0.163 e. The largest absolute Gasteiger partial charge is 0.489 e. The molecular weight excluding hydrogens is 1090 g/mol. The number of Topliss-reactive ketones (excluding diaryl/α,β-unsaturated/α-hetero) is 2. The number of halogens is 2. The Kier molecular flexibility index (Phi) is 16.0. The predicted molar refractivity (Wildman–Crippen MR) is 314 cm³/mol. The van der Waals surface area contributed by atoms with Gasteiger partial charge in [-0.3, -0.25) is 9.59 Å². The molecule has 0 amide bonds. The van der Waals surface area contributed by atoms with Gasteiger partial charge in [0.1, 0.15) is 47.4 Å². The van der Waals surface area contributed by atoms with Crippen molar-refractivity contribution in [2.45, 2.75) is 177 Å². The van der Waals surface area contributed by atoms with E-state index in [1.54, 1.807) is 86.6 Å². The third-order valence-corrected chi connectivity index (χ3v) is 17.6. The number of nitrogens with zero attached hydrogens (tertiary/aromatic N) is 2. The molecule has 84 heavy (non-hydrogen) atoms. The first-order valence-electron chi connectivity index (χ1n) is 29.1. The van der Waals surface area contributed by atoms with E-state index >= 15 is 0 Å². The summed E-state index contributed by atoms with van der Waals surface area (Å²) in [5.41, 5.74) is 7.23. The Bertz CT molecular complexity index is 3500. The molecule has 15 nitrogen and oxygen atoms in total. The van der Waals surface area contributed by atoms with Crippen LogP contribution in [-0.2, 0) is 33.3 Å². The topological polar surface area (TPSA) is 211 Å². The zero-order valence-electron chi connectivity index (χ0n) is 48.7. The quantitative estimate of drug-likeness (QED) is 0.0466. The number of nitrogens with two attached hydrogens (primary N) is 1. The van der Waals surface area contributed by atoms with Gasteiger partial charge in [-0.25, -0.2) is 27.7 Å². The van der Waals surface area contributed by atoms with E-state index in [0.29, 0.717) is 90.7 Å². The van der Waals surface area contributed by atoms with E-state index in [-0.39, 0.29) is 86.5 Å². The molecule has 4 fully saturated rings. The van der Waals surface area contributed by atoms with Gasteiger partial charge in [-0.2, -0.15) is 0 Å². The molecule has 5 N–H and O–H groups in total. The van der Waals surface area contributed by atoms with Crippen LogP contribution in [0.3, 0.4) is 0 Å². The number of fused-ring (bicyclic) bond motifs is 2. The van der Waals surface area contributed by atoms with Crippen LogP contribution in [0.4, 0.5) is 8.78 Å². The maximum atomic E-state index is 13.8. The first-order valence-corrected chi connectivity index (χ1v) is 30.3. The van der Waals surface area contributed by atoms with E-state index in [0.717, 1.165) is 51.4 Å². The van der Waals surface area contributed by atoms with Gasteiger partial charge in [-0.15, -0.1) is 0 Å². The van der Waals surface area contributed by atoms with Gasteiger partial charge in [0.2, 0.25) is 0 Å². The predicted octanol–water partition coefficient (Wildman–Crippen LogP) is 11.9. The van der Waals surface area contributed by atoms with Crippen molar-refractivity contribution < 1.29 is 61.2 Å². The van der Waals surface area contributed by atoms with Crippen LogP contribution in [0.5, 0.6) is 34.5 Å². The molecule has 5 unspecified atom stereocenters. The van der Waals surface area contributed by atoms with Crippen LogP contribution in [-0.4, -0.2) is 78.3 Å². The molecule has 6 aromatic rings. The second kappa shape index (κ2) is 22.9. The SMILES string of the molecule is CC(O)(CCC(=O)c1ccc(OC2CC2)c(OC2CC2)c1)c1cc2c(c(-c3ccc(F)cc3)n1)OCC2(C)NS(=O)C(C)(C)C.CC1(N)COc2c1cc(C(C)(O)CCC(=O)c1ccc(OC3CC3)c(OC3CC3)c1)nc2-c1ccc(F)cc1. The Labute approximate surface area is 491 Å². The third-order valence-electron chi connectivity index (χ3n) is 15.9. The van der Waals surface area contributed by atoms with Crippen molar-refractivity contribution in [1.82, 2.24) is 14.7 Å². The van der Waals surface area contributed by atoms with E-state index in [4.69, 9.17) is 44.1 Å². The number of aromatic nitrogens is 2. The zero-order chi connectivity index (χ0) is 59.5. The molecular formula is C66H74F2N4O11S. The van der Waals surface area contributed by atoms with E-state index < -0.39 is 38.0 Å². The van der Waals surface area contributed by atoms with E-state index in [2.05, 4.69) is 4.72 Å². The van der Waals surface area contributed by atoms with Crippen molar-refractivity contribution in [3.05, 3.63) is 142 Å². The van der Waals surface area contributed by atoms with Crippen LogP contribution >= 0.6 is 0 Å². The molecule has 0 bridgehead atoms. The molecule has 4 heterocycles. The summed E-state index contributed by atoms with van der Waals surface area (Å²) in [5.74, 6) is 2.55. The summed E-state index contributed by atoms with van der Waals surface area (Å²) >= 11 is 0. The summed E-state index contributed by atoms with van der Waals surface area (Å²) in [7, 11) is -1.42. The van der Waals surface area contributed by atoms with Crippen molar-refractivity contribution in [2.24, 2.45) is 5.73 Å². The molecule has 0 spiro atoms. The van der Waals surface area contributed by atoms with E-state index in [1.165, 1.54) is 24.3 Å². The first-order chi connectivity index (χ1) is 39.8. The fourth-order valence-corrected chi connectivity index (χ4v) is 10.7. The molecule has 444 valence electrons. The molecule has 18 heteroatoms. The minimum absolute atomic E-state index is 0.0589. The summed E-state index contributed by atoms with van der Waals surface area (Å²) in [4.78, 5) is 36.2. The maximum absolute atomic E-state index is 13.8. The first kappa shape index (κ1) is 58.9. The van der Waals surface area contributed by atoms with Gasteiger partial charge in [0, 0.05) is 46.2 Å². The lowest BCUT2D eigenvalue weighted by molar-refractivity contribution is 0.0395. The lowest BCUT2D eigenvalue weighted by Crippen LogP contribution is -2.47. The molecule has 12 rings (SSSR count). The molecule has 4 aromatic carbocycles. The molecule has 0 saturated heterocycles. The monoisotopic (exact) mass is 1170 g/mol. The van der Waals surface area contributed by atoms with E-state index in [9.17, 15) is 32.8 Å². The normalized spacial score (nSPS) is 21.5. The fraction of sp³-hybridized carbons (Fsp3) is 0.455. The third kappa shape index (κ3) is 13.6. The Balaban J connectivity index is 0.000000177. The number of carbonyl (C=O) groups is 2. The average Bonchev–Trinajstić information content (AvgIpc) is 2.04. The van der Waals surface area contributed by atoms with Crippen LogP contribution in [0, 0.1) is 11.6 Å². The molecule has 5 atom stereocenters. The minimum atomic E-state index is -1.51. The Hall–Kier alpha value is -6.83. The van der Waals surface area contributed by atoms with Gasteiger partial charge in [-0.05, 0) is 210 Å². The molecule has 4 aliphatic carbocycles. The van der Waals surface area contributed by atoms with Crippen molar-refractivity contribution in [3.8, 4) is 57.0 Å². The minimum Gasteiger partial charge on any atom is -0.489 e. The number of aliphatic hydroxyl groups is 2. The zero-order valence-corrected chi connectivity index (χ0v) is 49.5. The van der Waals surface area contributed by atoms with Gasteiger partial charge in [0.25, 0.3) is 0 Å². The van der Waals surface area contributed by atoms with Crippen LogP contribution in [0.25, 0.3) is 22.5 Å². The van der Waals surface area contributed by atoms with Crippen LogP contribution in [0.1, 0.15) is 169 Å².